The molecule has 0 aliphatic carbocycles. The van der Waals surface area contributed by atoms with Crippen molar-refractivity contribution in [1.29, 1.82) is 0 Å². The van der Waals surface area contributed by atoms with Crippen LogP contribution >= 0.6 is 11.3 Å². The fourth-order valence-corrected chi connectivity index (χ4v) is 2.59. The zero-order chi connectivity index (χ0) is 9.10. The summed E-state index contributed by atoms with van der Waals surface area (Å²) in [6.07, 6.45) is 2.76. The first-order valence-corrected chi connectivity index (χ1v) is 5.97. The number of thiophene rings is 1. The number of piperidine rings is 1. The highest BCUT2D eigenvalue weighted by Crippen LogP contribution is 2.19. The fraction of sp³-hybridized carbons (Fsp3) is 0.636. The minimum Gasteiger partial charge on any atom is -0.298 e. The second-order valence-electron chi connectivity index (χ2n) is 4.04. The van der Waals surface area contributed by atoms with E-state index in [0.29, 0.717) is 0 Å². The van der Waals surface area contributed by atoms with Crippen LogP contribution in [0.15, 0.2) is 17.5 Å². The molecule has 0 N–H and O–H groups in total. The van der Waals surface area contributed by atoms with Crippen molar-refractivity contribution in [3.05, 3.63) is 22.4 Å². The first-order valence-electron chi connectivity index (χ1n) is 5.09. The summed E-state index contributed by atoms with van der Waals surface area (Å²) in [5, 5.41) is 2.17. The predicted molar refractivity (Wildman–Crippen MR) is 58.0 cm³/mol. The molecule has 0 spiro atoms. The zero-order valence-corrected chi connectivity index (χ0v) is 9.02. The molecule has 0 unspecified atom stereocenters. The molecule has 0 radical (unpaired) electrons. The number of nitrogens with zero attached hydrogens (tertiary/aromatic N) is 1. The Morgan fingerprint density at radius 1 is 1.46 bits per heavy atom. The van der Waals surface area contributed by atoms with Gasteiger partial charge < -0.3 is 0 Å². The first kappa shape index (κ1) is 9.22. The molecule has 2 rings (SSSR count). The van der Waals surface area contributed by atoms with Crippen LogP contribution in [0.25, 0.3) is 0 Å². The summed E-state index contributed by atoms with van der Waals surface area (Å²) in [7, 11) is 0. The van der Waals surface area contributed by atoms with Gasteiger partial charge in [-0.2, -0.15) is 0 Å². The van der Waals surface area contributed by atoms with Crippen molar-refractivity contribution in [1.82, 2.24) is 4.90 Å². The minimum absolute atomic E-state index is 0.944. The number of hydrogen-bond acceptors (Lipinski definition) is 2. The Balaban J connectivity index is 1.83. The van der Waals surface area contributed by atoms with Gasteiger partial charge in [-0.15, -0.1) is 11.3 Å². The van der Waals surface area contributed by atoms with Crippen LogP contribution < -0.4 is 0 Å². The van der Waals surface area contributed by atoms with Crippen molar-refractivity contribution in [2.45, 2.75) is 26.3 Å². The Morgan fingerprint density at radius 3 is 2.85 bits per heavy atom. The lowest BCUT2D eigenvalue weighted by molar-refractivity contribution is 0.186. The molecule has 0 saturated carbocycles. The second-order valence-corrected chi connectivity index (χ2v) is 5.07. The van der Waals surface area contributed by atoms with Crippen molar-refractivity contribution in [3.8, 4) is 0 Å². The molecule has 1 aromatic heterocycles. The zero-order valence-electron chi connectivity index (χ0n) is 8.20. The van der Waals surface area contributed by atoms with Gasteiger partial charge >= 0.3 is 0 Å². The molecule has 0 amide bonds. The van der Waals surface area contributed by atoms with Gasteiger partial charge in [0.2, 0.25) is 0 Å². The van der Waals surface area contributed by atoms with E-state index in [1.165, 1.54) is 37.4 Å². The normalized spacial score (nSPS) is 20.7. The topological polar surface area (TPSA) is 3.24 Å². The van der Waals surface area contributed by atoms with E-state index in [2.05, 4.69) is 29.3 Å². The number of likely N-dealkylation sites (tertiary alicyclic amines) is 1. The van der Waals surface area contributed by atoms with E-state index in [1.54, 1.807) is 0 Å². The van der Waals surface area contributed by atoms with Gasteiger partial charge in [-0.05, 0) is 43.3 Å². The molecule has 1 fully saturated rings. The Labute approximate surface area is 84.4 Å². The average Bonchev–Trinajstić information content (AvgIpc) is 2.62. The molecule has 0 aromatic carbocycles. The van der Waals surface area contributed by atoms with E-state index in [1.807, 2.05) is 11.3 Å². The van der Waals surface area contributed by atoms with Gasteiger partial charge in [0.05, 0.1) is 0 Å². The first-order chi connectivity index (χ1) is 6.34. The minimum atomic E-state index is 0.944. The van der Waals surface area contributed by atoms with E-state index in [-0.39, 0.29) is 0 Å². The highest BCUT2D eigenvalue weighted by molar-refractivity contribution is 7.09. The lowest BCUT2D eigenvalue weighted by Gasteiger charge is -2.29. The van der Waals surface area contributed by atoms with Crippen LogP contribution in [0.3, 0.4) is 0 Å². The van der Waals surface area contributed by atoms with Crippen molar-refractivity contribution in [2.24, 2.45) is 5.92 Å². The van der Waals surface area contributed by atoms with Crippen LogP contribution in [0.4, 0.5) is 0 Å². The highest BCUT2D eigenvalue weighted by Gasteiger charge is 2.15. The van der Waals surface area contributed by atoms with Gasteiger partial charge in [-0.3, -0.25) is 4.90 Å². The summed E-state index contributed by atoms with van der Waals surface area (Å²) in [6.45, 7) is 6.12. The van der Waals surface area contributed by atoms with E-state index in [4.69, 9.17) is 0 Å². The maximum Gasteiger partial charge on any atom is 0.0327 e. The van der Waals surface area contributed by atoms with E-state index in [0.717, 1.165) is 5.92 Å². The molecule has 2 heterocycles. The van der Waals surface area contributed by atoms with Crippen LogP contribution in [0.1, 0.15) is 24.6 Å². The van der Waals surface area contributed by atoms with Gasteiger partial charge in [0.25, 0.3) is 0 Å². The maximum absolute atomic E-state index is 2.58. The SMILES string of the molecule is CC1CCN(Cc2cccs2)CC1. The van der Waals surface area contributed by atoms with Gasteiger partial charge in [0.15, 0.2) is 0 Å². The molecular formula is C11H17NS. The molecular weight excluding hydrogens is 178 g/mol. The Kier molecular flexibility index (Phi) is 3.01. The van der Waals surface area contributed by atoms with Crippen molar-refractivity contribution in [3.63, 3.8) is 0 Å². The number of hydrogen-bond donors (Lipinski definition) is 0. The lowest BCUT2D eigenvalue weighted by Crippen LogP contribution is -2.31. The van der Waals surface area contributed by atoms with Crippen LogP contribution in [0.2, 0.25) is 0 Å². The quantitative estimate of drug-likeness (QED) is 0.701. The van der Waals surface area contributed by atoms with Gasteiger partial charge in [0.1, 0.15) is 0 Å². The molecule has 1 aromatic rings. The molecule has 0 atom stereocenters. The third-order valence-corrected chi connectivity index (χ3v) is 3.70. The maximum atomic E-state index is 2.58. The summed E-state index contributed by atoms with van der Waals surface area (Å²) < 4.78 is 0. The molecule has 1 aliphatic rings. The van der Waals surface area contributed by atoms with Crippen molar-refractivity contribution in [2.75, 3.05) is 13.1 Å². The summed E-state index contributed by atoms with van der Waals surface area (Å²) in [5.41, 5.74) is 0. The highest BCUT2D eigenvalue weighted by atomic mass is 32.1. The Hall–Kier alpha value is -0.340. The predicted octanol–water partition coefficient (Wildman–Crippen LogP) is 2.98. The van der Waals surface area contributed by atoms with Crippen molar-refractivity contribution < 1.29 is 0 Å². The summed E-state index contributed by atoms with van der Waals surface area (Å²) in [5.74, 6) is 0.944. The van der Waals surface area contributed by atoms with Crippen LogP contribution in [0, 0.1) is 5.92 Å². The molecule has 13 heavy (non-hydrogen) atoms. The smallest absolute Gasteiger partial charge is 0.0327 e. The Morgan fingerprint density at radius 2 is 2.23 bits per heavy atom. The molecule has 0 bridgehead atoms. The second kappa shape index (κ2) is 4.25. The van der Waals surface area contributed by atoms with Crippen LogP contribution in [-0.4, -0.2) is 18.0 Å². The molecule has 1 aliphatic heterocycles. The van der Waals surface area contributed by atoms with Gasteiger partial charge in [-0.25, -0.2) is 0 Å². The van der Waals surface area contributed by atoms with Crippen molar-refractivity contribution >= 4 is 11.3 Å². The third kappa shape index (κ3) is 2.55. The summed E-state index contributed by atoms with van der Waals surface area (Å²) in [4.78, 5) is 4.08. The molecule has 1 saturated heterocycles. The fourth-order valence-electron chi connectivity index (χ4n) is 1.84. The monoisotopic (exact) mass is 195 g/mol. The summed E-state index contributed by atoms with van der Waals surface area (Å²) >= 11 is 1.88. The van der Waals surface area contributed by atoms with E-state index < -0.39 is 0 Å². The van der Waals surface area contributed by atoms with E-state index in [9.17, 15) is 0 Å². The van der Waals surface area contributed by atoms with Gasteiger partial charge in [-0.1, -0.05) is 13.0 Å². The third-order valence-electron chi connectivity index (χ3n) is 2.84. The lowest BCUT2D eigenvalue weighted by atomic mass is 9.99. The number of rotatable bonds is 2. The molecule has 72 valence electrons. The van der Waals surface area contributed by atoms with Crippen LogP contribution in [-0.2, 0) is 6.54 Å². The summed E-state index contributed by atoms with van der Waals surface area (Å²) in [6, 6.07) is 4.38. The largest absolute Gasteiger partial charge is 0.298 e. The van der Waals surface area contributed by atoms with Crippen LogP contribution in [0.5, 0.6) is 0 Å². The molecule has 1 nitrogen and oxygen atoms in total. The van der Waals surface area contributed by atoms with Gasteiger partial charge in [0, 0.05) is 11.4 Å². The van der Waals surface area contributed by atoms with E-state index >= 15 is 0 Å². The standard InChI is InChI=1S/C11H17NS/c1-10-4-6-12(7-5-10)9-11-3-2-8-13-11/h2-3,8,10H,4-7,9H2,1H3. The Bertz CT molecular complexity index is 235. The molecule has 2 heteroatoms. The average molecular weight is 195 g/mol.